The predicted molar refractivity (Wildman–Crippen MR) is 95.8 cm³/mol. The van der Waals surface area contributed by atoms with Gasteiger partial charge in [-0.2, -0.15) is 0 Å². The average molecular weight is 302 g/mol. The Bertz CT molecular complexity index is 149. The standard InChI is InChI=1S/C16H35N.C2H3O.H3N/c1-2-3-4-5-6-7-8-9-10-11-12-13-14-15-16-17;1-2-3;/h2-17H2,1H3;1H3;1H3. The lowest BCUT2D eigenvalue weighted by Crippen LogP contribution is -1.97. The Hall–Kier alpha value is -0.410. The smallest absolute Gasteiger partial charge is 0.195 e. The van der Waals surface area contributed by atoms with Gasteiger partial charge in [0.25, 0.3) is 0 Å². The van der Waals surface area contributed by atoms with E-state index in [9.17, 15) is 0 Å². The van der Waals surface area contributed by atoms with Crippen molar-refractivity contribution >= 4 is 6.29 Å². The van der Waals surface area contributed by atoms with E-state index >= 15 is 0 Å². The zero-order valence-electron chi connectivity index (χ0n) is 14.8. The molecule has 21 heavy (non-hydrogen) atoms. The molecule has 0 saturated heterocycles. The highest BCUT2D eigenvalue weighted by Gasteiger charge is 1.93. The van der Waals surface area contributed by atoms with Gasteiger partial charge in [0, 0.05) is 6.92 Å². The van der Waals surface area contributed by atoms with Gasteiger partial charge >= 0.3 is 0 Å². The van der Waals surface area contributed by atoms with E-state index in [-0.39, 0.29) is 6.15 Å². The van der Waals surface area contributed by atoms with E-state index in [0.29, 0.717) is 0 Å². The zero-order valence-corrected chi connectivity index (χ0v) is 14.8. The van der Waals surface area contributed by atoms with Gasteiger partial charge < -0.3 is 11.9 Å². The summed E-state index contributed by atoms with van der Waals surface area (Å²) in [6.45, 7) is 4.48. The van der Waals surface area contributed by atoms with Crippen LogP contribution < -0.4 is 11.9 Å². The molecule has 0 rings (SSSR count). The van der Waals surface area contributed by atoms with Crippen molar-refractivity contribution in [1.29, 1.82) is 0 Å². The van der Waals surface area contributed by atoms with Crippen molar-refractivity contribution in [2.75, 3.05) is 6.54 Å². The van der Waals surface area contributed by atoms with Gasteiger partial charge in [-0.25, -0.2) is 0 Å². The fraction of sp³-hybridized carbons (Fsp3) is 0.944. The Labute approximate surface area is 134 Å². The normalized spacial score (nSPS) is 9.48. The molecule has 0 aromatic carbocycles. The van der Waals surface area contributed by atoms with Crippen LogP contribution in [0.15, 0.2) is 0 Å². The average Bonchev–Trinajstić information content (AvgIpc) is 2.45. The summed E-state index contributed by atoms with van der Waals surface area (Å²) in [5.41, 5.74) is 5.47. The predicted octanol–water partition coefficient (Wildman–Crippen LogP) is 5.70. The maximum absolute atomic E-state index is 8.68. The second kappa shape index (κ2) is 27.9. The van der Waals surface area contributed by atoms with E-state index in [2.05, 4.69) is 6.92 Å². The minimum absolute atomic E-state index is 0. The van der Waals surface area contributed by atoms with Gasteiger partial charge in [-0.05, 0) is 13.0 Å². The fourth-order valence-electron chi connectivity index (χ4n) is 2.34. The first-order chi connectivity index (χ1) is 9.83. The van der Waals surface area contributed by atoms with Crippen LogP contribution in [0, 0.1) is 0 Å². The summed E-state index contributed by atoms with van der Waals surface area (Å²) in [6.07, 6.45) is 21.4. The van der Waals surface area contributed by atoms with Crippen molar-refractivity contribution < 1.29 is 4.79 Å². The van der Waals surface area contributed by atoms with Gasteiger partial charge in [-0.15, -0.1) is 0 Å². The van der Waals surface area contributed by atoms with Gasteiger partial charge in [0.2, 0.25) is 0 Å². The van der Waals surface area contributed by atoms with Crippen LogP contribution in [-0.4, -0.2) is 12.8 Å². The molecule has 0 bridgehead atoms. The molecule has 0 heterocycles. The van der Waals surface area contributed by atoms with Gasteiger partial charge in [0.15, 0.2) is 6.29 Å². The molecule has 0 aliphatic heterocycles. The summed E-state index contributed by atoms with van der Waals surface area (Å²) in [5, 5.41) is 0. The molecular weight excluding hydrogens is 260 g/mol. The summed E-state index contributed by atoms with van der Waals surface area (Å²) >= 11 is 0. The number of rotatable bonds is 14. The van der Waals surface area contributed by atoms with Crippen LogP contribution in [0.3, 0.4) is 0 Å². The van der Waals surface area contributed by atoms with Gasteiger partial charge in [0.1, 0.15) is 0 Å². The molecule has 3 heteroatoms. The van der Waals surface area contributed by atoms with Crippen LogP contribution >= 0.6 is 0 Å². The third-order valence-corrected chi connectivity index (χ3v) is 3.56. The third-order valence-electron chi connectivity index (χ3n) is 3.56. The fourth-order valence-corrected chi connectivity index (χ4v) is 2.34. The molecule has 0 saturated carbocycles. The van der Waals surface area contributed by atoms with Crippen molar-refractivity contribution in [2.45, 2.75) is 104 Å². The first-order valence-electron chi connectivity index (χ1n) is 8.82. The quantitative estimate of drug-likeness (QED) is 0.404. The van der Waals surface area contributed by atoms with Gasteiger partial charge in [-0.3, -0.25) is 4.79 Å². The van der Waals surface area contributed by atoms with E-state index in [1.807, 2.05) is 0 Å². The van der Waals surface area contributed by atoms with Crippen LogP contribution in [0.25, 0.3) is 0 Å². The van der Waals surface area contributed by atoms with Crippen molar-refractivity contribution in [3.63, 3.8) is 0 Å². The highest BCUT2D eigenvalue weighted by atomic mass is 16.1. The Morgan fingerprint density at radius 3 is 1.14 bits per heavy atom. The molecule has 3 nitrogen and oxygen atoms in total. The van der Waals surface area contributed by atoms with E-state index in [1.165, 1.54) is 103 Å². The molecule has 0 spiro atoms. The molecular formula is C18H41N2O. The lowest BCUT2D eigenvalue weighted by atomic mass is 10.0. The molecule has 1 radical (unpaired) electrons. The molecule has 0 aliphatic carbocycles. The number of hydrogen-bond donors (Lipinski definition) is 2. The Morgan fingerprint density at radius 2 is 0.905 bits per heavy atom. The highest BCUT2D eigenvalue weighted by Crippen LogP contribution is 2.12. The Balaban J connectivity index is -0.000000740. The van der Waals surface area contributed by atoms with E-state index in [4.69, 9.17) is 10.5 Å². The summed E-state index contributed by atoms with van der Waals surface area (Å²) in [7, 11) is 0. The molecule has 0 unspecified atom stereocenters. The molecule has 0 fully saturated rings. The number of unbranched alkanes of at least 4 members (excludes halogenated alkanes) is 13. The van der Waals surface area contributed by atoms with Crippen molar-refractivity contribution in [2.24, 2.45) is 5.73 Å². The lowest BCUT2D eigenvalue weighted by Gasteiger charge is -2.02. The van der Waals surface area contributed by atoms with Gasteiger partial charge in [-0.1, -0.05) is 90.4 Å². The van der Waals surface area contributed by atoms with E-state index in [0.717, 1.165) is 6.54 Å². The van der Waals surface area contributed by atoms with E-state index < -0.39 is 0 Å². The summed E-state index contributed by atoms with van der Waals surface area (Å²) in [6, 6.07) is 0. The molecule has 0 aliphatic rings. The maximum atomic E-state index is 8.68. The van der Waals surface area contributed by atoms with Crippen molar-refractivity contribution in [1.82, 2.24) is 6.15 Å². The summed E-state index contributed by atoms with van der Waals surface area (Å²) in [5.74, 6) is 0. The maximum Gasteiger partial charge on any atom is 0.195 e. The molecule has 5 N–H and O–H groups in total. The highest BCUT2D eigenvalue weighted by molar-refractivity contribution is 5.45. The van der Waals surface area contributed by atoms with E-state index in [1.54, 1.807) is 0 Å². The number of carbonyl (C=O) groups excluding carboxylic acids is 1. The van der Waals surface area contributed by atoms with Gasteiger partial charge in [0.05, 0.1) is 0 Å². The van der Waals surface area contributed by atoms with Crippen LogP contribution in [0.5, 0.6) is 0 Å². The first-order valence-corrected chi connectivity index (χ1v) is 8.82. The largest absolute Gasteiger partial charge is 0.344 e. The SMILES string of the molecule is CCCCCCCCCCCCCCCCN.C[C]=O.N. The molecule has 0 amide bonds. The molecule has 129 valence electrons. The van der Waals surface area contributed by atoms with Crippen LogP contribution in [-0.2, 0) is 4.79 Å². The second-order valence-corrected chi connectivity index (χ2v) is 5.59. The second-order valence-electron chi connectivity index (χ2n) is 5.59. The Morgan fingerprint density at radius 1 is 0.667 bits per heavy atom. The topological polar surface area (TPSA) is 78.1 Å². The minimum Gasteiger partial charge on any atom is -0.344 e. The number of nitrogens with two attached hydrogens (primary N) is 1. The van der Waals surface area contributed by atoms with Crippen molar-refractivity contribution in [3.05, 3.63) is 0 Å². The van der Waals surface area contributed by atoms with Crippen LogP contribution in [0.4, 0.5) is 0 Å². The summed E-state index contributed by atoms with van der Waals surface area (Å²) in [4.78, 5) is 8.68. The number of hydrogen-bond acceptors (Lipinski definition) is 3. The molecule has 0 atom stereocenters. The van der Waals surface area contributed by atoms with Crippen LogP contribution in [0.1, 0.15) is 104 Å². The first kappa shape index (κ1) is 25.5. The third kappa shape index (κ3) is 32.8. The van der Waals surface area contributed by atoms with Crippen LogP contribution in [0.2, 0.25) is 0 Å². The molecule has 0 aromatic rings. The summed E-state index contributed by atoms with van der Waals surface area (Å²) < 4.78 is 0. The molecule has 0 aromatic heterocycles. The lowest BCUT2D eigenvalue weighted by molar-refractivity contribution is 0.536. The Kier molecular flexibility index (Phi) is 33.9. The zero-order chi connectivity index (χ0) is 15.3. The monoisotopic (exact) mass is 301 g/mol. The minimum atomic E-state index is 0. The van der Waals surface area contributed by atoms with Crippen molar-refractivity contribution in [3.8, 4) is 0 Å².